The van der Waals surface area contributed by atoms with Gasteiger partial charge in [0.1, 0.15) is 0 Å². The van der Waals surface area contributed by atoms with Gasteiger partial charge in [-0.3, -0.25) is 14.9 Å². The third kappa shape index (κ3) is 7.55. The van der Waals surface area contributed by atoms with Gasteiger partial charge in [-0.25, -0.2) is 0 Å². The number of hydrogen-bond acceptors (Lipinski definition) is 5. The standard InChI is InChI=1S/C25H34N2O5/c1-3-5-7-17-31-23-16-15-22(25(26)28)21(24(23)32-18-8-6-4-2)14-11-19-9-12-20(13-10-19)27(29)30/h9-10,12-13,15-16H,3-8,11,14,17-18H2,1-2H3,(H2,26,28). The van der Waals surface area contributed by atoms with Gasteiger partial charge in [0.05, 0.1) is 18.1 Å². The highest BCUT2D eigenvalue weighted by molar-refractivity contribution is 5.95. The summed E-state index contributed by atoms with van der Waals surface area (Å²) >= 11 is 0. The molecule has 0 bridgehead atoms. The first-order chi connectivity index (χ1) is 15.5. The molecule has 174 valence electrons. The number of amides is 1. The molecule has 7 heteroatoms. The van der Waals surface area contributed by atoms with Crippen LogP contribution in [0.3, 0.4) is 0 Å². The zero-order valence-corrected chi connectivity index (χ0v) is 19.1. The Balaban J connectivity index is 2.29. The van der Waals surface area contributed by atoms with E-state index >= 15 is 0 Å². The molecule has 0 fully saturated rings. The van der Waals surface area contributed by atoms with Crippen molar-refractivity contribution in [1.29, 1.82) is 0 Å². The molecule has 32 heavy (non-hydrogen) atoms. The highest BCUT2D eigenvalue weighted by Crippen LogP contribution is 2.35. The van der Waals surface area contributed by atoms with Crippen molar-refractivity contribution in [3.05, 3.63) is 63.2 Å². The lowest BCUT2D eigenvalue weighted by Crippen LogP contribution is -2.16. The monoisotopic (exact) mass is 442 g/mol. The highest BCUT2D eigenvalue weighted by atomic mass is 16.6. The minimum Gasteiger partial charge on any atom is -0.490 e. The van der Waals surface area contributed by atoms with Gasteiger partial charge < -0.3 is 15.2 Å². The van der Waals surface area contributed by atoms with E-state index in [0.29, 0.717) is 43.1 Å². The van der Waals surface area contributed by atoms with Gasteiger partial charge >= 0.3 is 0 Å². The first-order valence-corrected chi connectivity index (χ1v) is 11.4. The quantitative estimate of drug-likeness (QED) is 0.219. The molecule has 0 unspecified atom stereocenters. The number of rotatable bonds is 15. The summed E-state index contributed by atoms with van der Waals surface area (Å²) in [6.07, 6.45) is 7.27. The topological polar surface area (TPSA) is 105 Å². The summed E-state index contributed by atoms with van der Waals surface area (Å²) in [7, 11) is 0. The van der Waals surface area contributed by atoms with Crippen LogP contribution < -0.4 is 15.2 Å². The molecule has 0 saturated carbocycles. The van der Waals surface area contributed by atoms with Gasteiger partial charge in [0.2, 0.25) is 5.91 Å². The molecule has 2 aromatic rings. The first-order valence-electron chi connectivity index (χ1n) is 11.4. The van der Waals surface area contributed by atoms with Crippen LogP contribution in [-0.2, 0) is 12.8 Å². The van der Waals surface area contributed by atoms with E-state index < -0.39 is 10.8 Å². The Hall–Kier alpha value is -3.09. The number of non-ortho nitro benzene ring substituents is 1. The van der Waals surface area contributed by atoms with Crippen LogP contribution in [0.15, 0.2) is 36.4 Å². The molecule has 0 saturated heterocycles. The molecule has 0 aliphatic carbocycles. The van der Waals surface area contributed by atoms with Gasteiger partial charge in [-0.15, -0.1) is 0 Å². The van der Waals surface area contributed by atoms with Crippen molar-refractivity contribution >= 4 is 11.6 Å². The van der Waals surface area contributed by atoms with Crippen molar-refractivity contribution in [2.45, 2.75) is 65.2 Å². The number of aryl methyl sites for hydroxylation is 1. The molecule has 0 heterocycles. The SMILES string of the molecule is CCCCCOc1ccc(C(N)=O)c(CCc2ccc([N+](=O)[O-])cc2)c1OCCCCC. The van der Waals surface area contributed by atoms with E-state index in [4.69, 9.17) is 15.2 Å². The fraction of sp³-hybridized carbons (Fsp3) is 0.480. The molecule has 2 rings (SSSR count). The molecule has 7 nitrogen and oxygen atoms in total. The van der Waals surface area contributed by atoms with Crippen LogP contribution in [0.25, 0.3) is 0 Å². The lowest BCUT2D eigenvalue weighted by Gasteiger charge is -2.19. The molecule has 2 N–H and O–H groups in total. The fourth-order valence-electron chi connectivity index (χ4n) is 3.47. The smallest absolute Gasteiger partial charge is 0.269 e. The maximum atomic E-state index is 12.1. The van der Waals surface area contributed by atoms with Gasteiger partial charge in [0.15, 0.2) is 11.5 Å². The van der Waals surface area contributed by atoms with Crippen molar-refractivity contribution in [1.82, 2.24) is 0 Å². The number of benzene rings is 2. The number of ether oxygens (including phenoxy) is 2. The minimum atomic E-state index is -0.514. The Bertz CT molecular complexity index is 881. The summed E-state index contributed by atoms with van der Waals surface area (Å²) in [5.74, 6) is 0.691. The molecule has 0 aliphatic heterocycles. The Morgan fingerprint density at radius 3 is 2.09 bits per heavy atom. The zero-order valence-electron chi connectivity index (χ0n) is 19.1. The Labute approximate surface area is 190 Å². The number of nitro groups is 1. The highest BCUT2D eigenvalue weighted by Gasteiger charge is 2.19. The molecule has 2 aromatic carbocycles. The van der Waals surface area contributed by atoms with Crippen LogP contribution in [0.2, 0.25) is 0 Å². The van der Waals surface area contributed by atoms with Gasteiger partial charge in [0, 0.05) is 23.3 Å². The number of unbranched alkanes of at least 4 members (excludes halogenated alkanes) is 4. The van der Waals surface area contributed by atoms with Crippen molar-refractivity contribution < 1.29 is 19.2 Å². The third-order valence-electron chi connectivity index (χ3n) is 5.30. The Kier molecular flexibility index (Phi) is 10.5. The molecule has 0 aromatic heterocycles. The molecular weight excluding hydrogens is 408 g/mol. The molecule has 0 aliphatic rings. The zero-order chi connectivity index (χ0) is 23.3. The maximum Gasteiger partial charge on any atom is 0.269 e. The number of nitrogens with zero attached hydrogens (tertiary/aromatic N) is 1. The van der Waals surface area contributed by atoms with E-state index in [1.165, 1.54) is 12.1 Å². The number of nitrogens with two attached hydrogens (primary N) is 1. The van der Waals surface area contributed by atoms with Gasteiger partial charge in [-0.05, 0) is 43.4 Å². The summed E-state index contributed by atoms with van der Waals surface area (Å²) in [4.78, 5) is 22.6. The summed E-state index contributed by atoms with van der Waals surface area (Å²) in [6.45, 7) is 5.38. The molecule has 0 atom stereocenters. The normalized spacial score (nSPS) is 10.7. The van der Waals surface area contributed by atoms with E-state index in [1.807, 2.05) is 0 Å². The predicted octanol–water partition coefficient (Wildman–Crippen LogP) is 5.62. The lowest BCUT2D eigenvalue weighted by atomic mass is 9.97. The van der Waals surface area contributed by atoms with Crippen molar-refractivity contribution in [3.63, 3.8) is 0 Å². The number of carbonyl (C=O) groups excluding carboxylic acids is 1. The van der Waals surface area contributed by atoms with Crippen LogP contribution in [0.5, 0.6) is 11.5 Å². The minimum absolute atomic E-state index is 0.0500. The summed E-state index contributed by atoms with van der Waals surface area (Å²) in [5.41, 5.74) is 7.78. The molecular formula is C25H34N2O5. The molecule has 0 spiro atoms. The Morgan fingerprint density at radius 2 is 1.53 bits per heavy atom. The molecule has 1 amide bonds. The van der Waals surface area contributed by atoms with Crippen molar-refractivity contribution in [2.75, 3.05) is 13.2 Å². The van der Waals surface area contributed by atoms with E-state index in [1.54, 1.807) is 24.3 Å². The number of carbonyl (C=O) groups is 1. The second kappa shape index (κ2) is 13.3. The second-order valence-corrected chi connectivity index (χ2v) is 7.82. The number of primary amides is 1. The summed E-state index contributed by atoms with van der Waals surface area (Å²) in [5, 5.41) is 10.9. The van der Waals surface area contributed by atoms with Gasteiger partial charge in [-0.1, -0.05) is 51.7 Å². The van der Waals surface area contributed by atoms with E-state index in [-0.39, 0.29) is 5.69 Å². The third-order valence-corrected chi connectivity index (χ3v) is 5.30. The van der Waals surface area contributed by atoms with Crippen molar-refractivity contribution in [2.24, 2.45) is 5.73 Å². The largest absolute Gasteiger partial charge is 0.490 e. The summed E-state index contributed by atoms with van der Waals surface area (Å²) < 4.78 is 12.1. The average molecular weight is 443 g/mol. The van der Waals surface area contributed by atoms with Crippen LogP contribution >= 0.6 is 0 Å². The van der Waals surface area contributed by atoms with E-state index in [2.05, 4.69) is 13.8 Å². The first kappa shape index (κ1) is 25.2. The number of hydrogen-bond donors (Lipinski definition) is 1. The maximum absolute atomic E-state index is 12.1. The van der Waals surface area contributed by atoms with Gasteiger partial charge in [0.25, 0.3) is 5.69 Å². The predicted molar refractivity (Wildman–Crippen MR) is 126 cm³/mol. The van der Waals surface area contributed by atoms with Crippen LogP contribution in [-0.4, -0.2) is 24.0 Å². The van der Waals surface area contributed by atoms with Gasteiger partial charge in [-0.2, -0.15) is 0 Å². The molecule has 0 radical (unpaired) electrons. The van der Waals surface area contributed by atoms with Crippen LogP contribution in [0, 0.1) is 10.1 Å². The van der Waals surface area contributed by atoms with Crippen molar-refractivity contribution in [3.8, 4) is 11.5 Å². The summed E-state index contributed by atoms with van der Waals surface area (Å²) in [6, 6.07) is 9.89. The lowest BCUT2D eigenvalue weighted by molar-refractivity contribution is -0.384. The number of nitro benzene ring substituents is 1. The van der Waals surface area contributed by atoms with Crippen LogP contribution in [0.4, 0.5) is 5.69 Å². The van der Waals surface area contributed by atoms with E-state index in [9.17, 15) is 14.9 Å². The average Bonchev–Trinajstić information content (AvgIpc) is 2.78. The fourth-order valence-corrected chi connectivity index (χ4v) is 3.47. The van der Waals surface area contributed by atoms with E-state index in [0.717, 1.165) is 49.7 Å². The second-order valence-electron chi connectivity index (χ2n) is 7.82. The Morgan fingerprint density at radius 1 is 0.906 bits per heavy atom. The van der Waals surface area contributed by atoms with Crippen LogP contribution in [0.1, 0.15) is 73.9 Å².